The predicted octanol–water partition coefficient (Wildman–Crippen LogP) is 2.69. The van der Waals surface area contributed by atoms with Crippen molar-refractivity contribution in [3.8, 4) is 0 Å². The number of hydrogen-bond acceptors (Lipinski definition) is 2. The van der Waals surface area contributed by atoms with Crippen LogP contribution in [0.2, 0.25) is 0 Å². The molecule has 0 aromatic carbocycles. The second kappa shape index (κ2) is 4.07. The van der Waals surface area contributed by atoms with Crippen LogP contribution in [0.1, 0.15) is 59.8 Å². The summed E-state index contributed by atoms with van der Waals surface area (Å²) in [4.78, 5) is 24.8. The Bertz CT molecular complexity index is 388. The Morgan fingerprint density at radius 1 is 1.28 bits per heavy atom. The maximum absolute atomic E-state index is 12.5. The summed E-state index contributed by atoms with van der Waals surface area (Å²) in [5.41, 5.74) is -0.963. The van der Waals surface area contributed by atoms with E-state index in [-0.39, 0.29) is 22.5 Å². The van der Waals surface area contributed by atoms with Gasteiger partial charge in [-0.2, -0.15) is 0 Å². The average Bonchev–Trinajstić information content (AvgIpc) is 2.59. The van der Waals surface area contributed by atoms with Crippen molar-refractivity contribution in [2.24, 2.45) is 16.2 Å². The number of rotatable bonds is 4. The fourth-order valence-corrected chi connectivity index (χ4v) is 3.91. The Hall–Kier alpha value is -0.860. The van der Waals surface area contributed by atoms with E-state index in [0.717, 1.165) is 32.2 Å². The third kappa shape index (κ3) is 1.42. The SMILES string of the molecule is CCCCNC(=O)[C@@]12CC[C@](C)(C(=O)C1)C2(C)C. The van der Waals surface area contributed by atoms with Crippen LogP contribution in [-0.4, -0.2) is 18.2 Å². The minimum atomic E-state index is -0.452. The highest BCUT2D eigenvalue weighted by Crippen LogP contribution is 2.70. The third-order valence-corrected chi connectivity index (χ3v) is 5.96. The van der Waals surface area contributed by atoms with E-state index in [1.54, 1.807) is 0 Å². The largest absolute Gasteiger partial charge is 0.356 e. The summed E-state index contributed by atoms with van der Waals surface area (Å²) in [6.45, 7) is 9.09. The summed E-state index contributed by atoms with van der Waals surface area (Å²) in [7, 11) is 0. The second-order valence-electron chi connectivity index (χ2n) is 6.75. The van der Waals surface area contributed by atoms with Crippen LogP contribution in [0.15, 0.2) is 0 Å². The Kier molecular flexibility index (Phi) is 3.07. The molecule has 1 N–H and O–H groups in total. The number of unbranched alkanes of at least 4 members (excludes halogenated alkanes) is 1. The van der Waals surface area contributed by atoms with Gasteiger partial charge in [-0.15, -0.1) is 0 Å². The minimum Gasteiger partial charge on any atom is -0.356 e. The topological polar surface area (TPSA) is 46.2 Å². The molecule has 0 aromatic rings. The molecule has 2 rings (SSSR count). The predicted molar refractivity (Wildman–Crippen MR) is 71.1 cm³/mol. The zero-order valence-corrected chi connectivity index (χ0v) is 12.1. The van der Waals surface area contributed by atoms with Crippen molar-refractivity contribution in [2.75, 3.05) is 6.54 Å². The molecule has 0 aliphatic heterocycles. The van der Waals surface area contributed by atoms with Crippen LogP contribution in [0, 0.1) is 16.2 Å². The van der Waals surface area contributed by atoms with Gasteiger partial charge in [0.05, 0.1) is 5.41 Å². The summed E-state index contributed by atoms with van der Waals surface area (Å²) in [6.07, 6.45) is 4.25. The average molecular weight is 251 g/mol. The van der Waals surface area contributed by atoms with Crippen LogP contribution in [0.5, 0.6) is 0 Å². The van der Waals surface area contributed by atoms with Gasteiger partial charge in [-0.05, 0) is 24.7 Å². The molecular weight excluding hydrogens is 226 g/mol. The van der Waals surface area contributed by atoms with Gasteiger partial charge in [-0.3, -0.25) is 9.59 Å². The van der Waals surface area contributed by atoms with Gasteiger partial charge in [0.25, 0.3) is 0 Å². The van der Waals surface area contributed by atoms with E-state index in [2.05, 4.69) is 26.1 Å². The van der Waals surface area contributed by atoms with E-state index in [0.29, 0.717) is 6.42 Å². The molecule has 2 fully saturated rings. The molecule has 0 unspecified atom stereocenters. The standard InChI is InChI=1S/C15H25NO2/c1-5-6-9-16-12(18)15-8-7-14(4,11(17)10-15)13(15,2)3/h5-10H2,1-4H3,(H,16,18)/t14-,15-/m1/s1. The Balaban J connectivity index is 2.22. The van der Waals surface area contributed by atoms with E-state index in [1.165, 1.54) is 0 Å². The van der Waals surface area contributed by atoms with Crippen molar-refractivity contribution >= 4 is 11.7 Å². The van der Waals surface area contributed by atoms with Crippen molar-refractivity contribution in [2.45, 2.75) is 59.8 Å². The smallest absolute Gasteiger partial charge is 0.227 e. The van der Waals surface area contributed by atoms with E-state index in [4.69, 9.17) is 0 Å². The number of ketones is 1. The van der Waals surface area contributed by atoms with Crippen LogP contribution in [0.4, 0.5) is 0 Å². The molecular formula is C15H25NO2. The fraction of sp³-hybridized carbons (Fsp3) is 0.867. The summed E-state index contributed by atoms with van der Waals surface area (Å²) >= 11 is 0. The lowest BCUT2D eigenvalue weighted by atomic mass is 9.64. The van der Waals surface area contributed by atoms with Gasteiger partial charge in [0.1, 0.15) is 5.78 Å². The molecule has 2 aliphatic carbocycles. The van der Waals surface area contributed by atoms with Gasteiger partial charge in [0, 0.05) is 18.4 Å². The molecule has 0 aromatic heterocycles. The van der Waals surface area contributed by atoms with Crippen LogP contribution < -0.4 is 5.32 Å². The highest BCUT2D eigenvalue weighted by atomic mass is 16.2. The van der Waals surface area contributed by atoms with Crippen molar-refractivity contribution in [3.05, 3.63) is 0 Å². The Labute approximate surface area is 110 Å². The van der Waals surface area contributed by atoms with Crippen LogP contribution in [0.25, 0.3) is 0 Å². The lowest BCUT2D eigenvalue weighted by Gasteiger charge is -2.38. The number of Topliss-reactive ketones (excluding diaryl/α,β-unsaturated/α-hetero) is 1. The maximum Gasteiger partial charge on any atom is 0.227 e. The molecule has 3 nitrogen and oxygen atoms in total. The highest BCUT2D eigenvalue weighted by molar-refractivity contribution is 5.99. The van der Waals surface area contributed by atoms with Crippen LogP contribution in [0.3, 0.4) is 0 Å². The lowest BCUT2D eigenvalue weighted by molar-refractivity contribution is -0.136. The van der Waals surface area contributed by atoms with Crippen molar-refractivity contribution < 1.29 is 9.59 Å². The van der Waals surface area contributed by atoms with Crippen LogP contribution in [-0.2, 0) is 9.59 Å². The van der Waals surface area contributed by atoms with E-state index < -0.39 is 5.41 Å². The molecule has 0 saturated heterocycles. The molecule has 102 valence electrons. The number of fused-ring (bicyclic) bond motifs is 2. The lowest BCUT2D eigenvalue weighted by Crippen LogP contribution is -2.46. The Morgan fingerprint density at radius 2 is 1.94 bits per heavy atom. The minimum absolute atomic E-state index is 0.107. The first-order chi connectivity index (χ1) is 8.32. The van der Waals surface area contributed by atoms with Crippen molar-refractivity contribution in [3.63, 3.8) is 0 Å². The van der Waals surface area contributed by atoms with E-state index in [9.17, 15) is 9.59 Å². The van der Waals surface area contributed by atoms with Gasteiger partial charge < -0.3 is 5.32 Å². The number of hydrogen-bond donors (Lipinski definition) is 1. The molecule has 2 saturated carbocycles. The normalized spacial score (nSPS) is 37.0. The molecule has 0 radical (unpaired) electrons. The molecule has 2 aliphatic rings. The molecule has 0 spiro atoms. The number of carbonyl (C=O) groups excluding carboxylic acids is 2. The zero-order valence-electron chi connectivity index (χ0n) is 12.1. The Morgan fingerprint density at radius 3 is 2.39 bits per heavy atom. The molecule has 2 atom stereocenters. The second-order valence-corrected chi connectivity index (χ2v) is 6.75. The first-order valence-electron chi connectivity index (χ1n) is 7.13. The van der Waals surface area contributed by atoms with Gasteiger partial charge >= 0.3 is 0 Å². The molecule has 1 amide bonds. The van der Waals surface area contributed by atoms with Crippen LogP contribution >= 0.6 is 0 Å². The summed E-state index contributed by atoms with van der Waals surface area (Å²) in [5, 5.41) is 3.05. The summed E-state index contributed by atoms with van der Waals surface area (Å²) in [5.74, 6) is 0.389. The van der Waals surface area contributed by atoms with E-state index >= 15 is 0 Å². The summed E-state index contributed by atoms with van der Waals surface area (Å²) < 4.78 is 0. The molecule has 3 heteroatoms. The molecule has 2 bridgehead atoms. The van der Waals surface area contributed by atoms with Gasteiger partial charge in [-0.1, -0.05) is 34.1 Å². The highest BCUT2D eigenvalue weighted by Gasteiger charge is 2.72. The zero-order chi connectivity index (χ0) is 13.6. The first kappa shape index (κ1) is 13.6. The quantitative estimate of drug-likeness (QED) is 0.781. The molecule has 0 heterocycles. The summed E-state index contributed by atoms with van der Waals surface area (Å²) in [6, 6.07) is 0. The van der Waals surface area contributed by atoms with E-state index in [1.807, 2.05) is 6.92 Å². The number of carbonyl (C=O) groups is 2. The fourth-order valence-electron chi connectivity index (χ4n) is 3.91. The van der Waals surface area contributed by atoms with Crippen molar-refractivity contribution in [1.29, 1.82) is 0 Å². The first-order valence-corrected chi connectivity index (χ1v) is 7.13. The monoisotopic (exact) mass is 251 g/mol. The maximum atomic E-state index is 12.5. The number of amides is 1. The van der Waals surface area contributed by atoms with Gasteiger partial charge in [0.15, 0.2) is 0 Å². The van der Waals surface area contributed by atoms with Gasteiger partial charge in [0.2, 0.25) is 5.91 Å². The molecule has 18 heavy (non-hydrogen) atoms. The number of nitrogens with one attached hydrogen (secondary N) is 1. The van der Waals surface area contributed by atoms with Gasteiger partial charge in [-0.25, -0.2) is 0 Å². The van der Waals surface area contributed by atoms with Crippen molar-refractivity contribution in [1.82, 2.24) is 5.32 Å². The third-order valence-electron chi connectivity index (χ3n) is 5.96.